The average molecular weight is 365 g/mol. The van der Waals surface area contributed by atoms with Gasteiger partial charge < -0.3 is 4.90 Å². The fourth-order valence-corrected chi connectivity index (χ4v) is 4.47. The lowest BCUT2D eigenvalue weighted by molar-refractivity contribution is -0.140. The lowest BCUT2D eigenvalue weighted by Gasteiger charge is -2.48. The number of aryl methyl sites for hydroxylation is 1. The van der Waals surface area contributed by atoms with Crippen molar-refractivity contribution in [3.05, 3.63) is 53.9 Å². The average Bonchev–Trinajstić information content (AvgIpc) is 2.68. The van der Waals surface area contributed by atoms with Gasteiger partial charge in [-0.15, -0.1) is 0 Å². The minimum Gasteiger partial charge on any atom is -0.336 e. The molecule has 1 amide bonds. The molecule has 6 nitrogen and oxygen atoms in total. The monoisotopic (exact) mass is 365 g/mol. The number of nitrogens with zero attached hydrogens (tertiary/aromatic N) is 5. The van der Waals surface area contributed by atoms with Gasteiger partial charge in [-0.05, 0) is 44.4 Å². The first-order valence-electron chi connectivity index (χ1n) is 9.79. The molecule has 2 saturated heterocycles. The summed E-state index contributed by atoms with van der Waals surface area (Å²) in [5, 5.41) is 0. The number of rotatable bonds is 4. The second-order valence-electron chi connectivity index (χ2n) is 8.07. The molecule has 2 aliphatic rings. The second-order valence-corrected chi connectivity index (χ2v) is 8.07. The van der Waals surface area contributed by atoms with Gasteiger partial charge in [-0.2, -0.15) is 0 Å². The summed E-state index contributed by atoms with van der Waals surface area (Å²) in [6.07, 6.45) is 11.3. The van der Waals surface area contributed by atoms with Crippen LogP contribution < -0.4 is 0 Å². The minimum absolute atomic E-state index is 0.201. The number of hydrogen-bond acceptors (Lipinski definition) is 5. The van der Waals surface area contributed by atoms with Gasteiger partial charge in [0.15, 0.2) is 0 Å². The zero-order valence-corrected chi connectivity index (χ0v) is 16.0. The van der Waals surface area contributed by atoms with Crippen molar-refractivity contribution >= 4 is 5.91 Å². The number of piperidine rings is 2. The Balaban J connectivity index is 1.43. The number of aromatic nitrogens is 3. The van der Waals surface area contributed by atoms with Gasteiger partial charge in [-0.25, -0.2) is 0 Å². The lowest BCUT2D eigenvalue weighted by atomic mass is 9.73. The van der Waals surface area contributed by atoms with E-state index < -0.39 is 0 Å². The standard InChI is InChI=1S/C21H27N5O/c1-17-10-24-19(12-23-17)14-26-16-21(7-5-20(26)27)6-3-9-25(15-21)13-18-4-2-8-22-11-18/h2,4,8,10-12H,3,5-7,9,13-16H2,1H3/t21-/m1/s1. The summed E-state index contributed by atoms with van der Waals surface area (Å²) < 4.78 is 0. The molecule has 4 heterocycles. The van der Waals surface area contributed by atoms with Crippen LogP contribution in [0.4, 0.5) is 0 Å². The van der Waals surface area contributed by atoms with Gasteiger partial charge in [0.1, 0.15) is 0 Å². The maximum atomic E-state index is 12.5. The molecule has 0 aliphatic carbocycles. The van der Waals surface area contributed by atoms with Gasteiger partial charge >= 0.3 is 0 Å². The van der Waals surface area contributed by atoms with Crippen LogP contribution in [0.25, 0.3) is 0 Å². The molecule has 0 aromatic carbocycles. The Morgan fingerprint density at radius 3 is 2.81 bits per heavy atom. The van der Waals surface area contributed by atoms with E-state index in [4.69, 9.17) is 0 Å². The van der Waals surface area contributed by atoms with Crippen LogP contribution in [0.15, 0.2) is 36.9 Å². The summed E-state index contributed by atoms with van der Waals surface area (Å²) in [6.45, 7) is 6.42. The quantitative estimate of drug-likeness (QED) is 0.833. The Hall–Kier alpha value is -2.34. The van der Waals surface area contributed by atoms with Crippen LogP contribution in [0.2, 0.25) is 0 Å². The lowest BCUT2D eigenvalue weighted by Crippen LogP contribution is -2.53. The molecule has 0 N–H and O–H groups in total. The number of carbonyl (C=O) groups is 1. The van der Waals surface area contributed by atoms with Gasteiger partial charge in [-0.1, -0.05) is 6.07 Å². The second kappa shape index (κ2) is 7.72. The first kappa shape index (κ1) is 18.0. The fraction of sp³-hybridized carbons (Fsp3) is 0.524. The summed E-state index contributed by atoms with van der Waals surface area (Å²) in [5.41, 5.74) is 3.23. The van der Waals surface area contributed by atoms with Crippen LogP contribution in [-0.4, -0.2) is 50.3 Å². The van der Waals surface area contributed by atoms with Crippen molar-refractivity contribution < 1.29 is 4.79 Å². The van der Waals surface area contributed by atoms with E-state index in [1.165, 1.54) is 18.4 Å². The summed E-state index contributed by atoms with van der Waals surface area (Å²) in [7, 11) is 0. The van der Waals surface area contributed by atoms with Crippen molar-refractivity contribution in [2.24, 2.45) is 5.41 Å². The minimum atomic E-state index is 0.201. The molecule has 2 aliphatic heterocycles. The molecule has 1 atom stereocenters. The van der Waals surface area contributed by atoms with Crippen molar-refractivity contribution in [2.75, 3.05) is 19.6 Å². The van der Waals surface area contributed by atoms with E-state index in [-0.39, 0.29) is 11.3 Å². The van der Waals surface area contributed by atoms with Crippen molar-refractivity contribution in [3.8, 4) is 0 Å². The molecular weight excluding hydrogens is 338 g/mol. The molecular formula is C21H27N5O. The van der Waals surface area contributed by atoms with E-state index in [0.29, 0.717) is 13.0 Å². The Morgan fingerprint density at radius 2 is 2.04 bits per heavy atom. The predicted octanol–water partition coefficient (Wildman–Crippen LogP) is 2.58. The van der Waals surface area contributed by atoms with Gasteiger partial charge in [0, 0.05) is 50.1 Å². The molecule has 2 aromatic heterocycles. The van der Waals surface area contributed by atoms with Crippen molar-refractivity contribution in [1.82, 2.24) is 24.8 Å². The van der Waals surface area contributed by atoms with Crippen LogP contribution >= 0.6 is 0 Å². The number of amides is 1. The van der Waals surface area contributed by atoms with Crippen molar-refractivity contribution in [1.29, 1.82) is 0 Å². The highest BCUT2D eigenvalue weighted by molar-refractivity contribution is 5.77. The molecule has 2 aromatic rings. The number of carbonyl (C=O) groups excluding carboxylic acids is 1. The Bertz CT molecular complexity index is 779. The third kappa shape index (κ3) is 4.33. The highest BCUT2D eigenvalue weighted by atomic mass is 16.2. The summed E-state index contributed by atoms with van der Waals surface area (Å²) in [4.78, 5) is 30.0. The number of hydrogen-bond donors (Lipinski definition) is 0. The largest absolute Gasteiger partial charge is 0.336 e. The number of pyridine rings is 1. The van der Waals surface area contributed by atoms with E-state index in [2.05, 4.69) is 25.9 Å². The van der Waals surface area contributed by atoms with Crippen LogP contribution in [0.1, 0.15) is 42.6 Å². The summed E-state index contributed by atoms with van der Waals surface area (Å²) in [6, 6.07) is 4.14. The first-order valence-corrected chi connectivity index (χ1v) is 9.79. The molecule has 0 bridgehead atoms. The molecule has 1 spiro atoms. The van der Waals surface area contributed by atoms with Crippen LogP contribution in [0.5, 0.6) is 0 Å². The molecule has 2 fully saturated rings. The molecule has 0 saturated carbocycles. The molecule has 4 rings (SSSR count). The third-order valence-electron chi connectivity index (χ3n) is 5.80. The first-order chi connectivity index (χ1) is 13.1. The third-order valence-corrected chi connectivity index (χ3v) is 5.80. The van der Waals surface area contributed by atoms with E-state index >= 15 is 0 Å². The van der Waals surface area contributed by atoms with E-state index in [9.17, 15) is 4.79 Å². The van der Waals surface area contributed by atoms with Gasteiger partial charge in [0.2, 0.25) is 5.91 Å². The summed E-state index contributed by atoms with van der Waals surface area (Å²) >= 11 is 0. The zero-order valence-electron chi connectivity index (χ0n) is 16.0. The fourth-order valence-electron chi connectivity index (χ4n) is 4.47. The predicted molar refractivity (Wildman–Crippen MR) is 103 cm³/mol. The maximum Gasteiger partial charge on any atom is 0.222 e. The van der Waals surface area contributed by atoms with Crippen LogP contribution in [-0.2, 0) is 17.9 Å². The number of likely N-dealkylation sites (tertiary alicyclic amines) is 2. The molecule has 6 heteroatoms. The highest BCUT2D eigenvalue weighted by Crippen LogP contribution is 2.39. The summed E-state index contributed by atoms with van der Waals surface area (Å²) in [5.74, 6) is 0.243. The Morgan fingerprint density at radius 1 is 1.11 bits per heavy atom. The van der Waals surface area contributed by atoms with Gasteiger partial charge in [-0.3, -0.25) is 24.6 Å². The normalized spacial score (nSPS) is 23.7. The highest BCUT2D eigenvalue weighted by Gasteiger charge is 2.41. The Kier molecular flexibility index (Phi) is 5.16. The van der Waals surface area contributed by atoms with Crippen LogP contribution in [0.3, 0.4) is 0 Å². The van der Waals surface area contributed by atoms with E-state index in [0.717, 1.165) is 44.0 Å². The molecule has 0 radical (unpaired) electrons. The zero-order chi connectivity index (χ0) is 18.7. The smallest absolute Gasteiger partial charge is 0.222 e. The van der Waals surface area contributed by atoms with Crippen molar-refractivity contribution in [3.63, 3.8) is 0 Å². The molecule has 142 valence electrons. The van der Waals surface area contributed by atoms with Crippen molar-refractivity contribution in [2.45, 2.75) is 45.7 Å². The van der Waals surface area contributed by atoms with Gasteiger partial charge in [0.05, 0.1) is 24.1 Å². The molecule has 0 unspecified atom stereocenters. The van der Waals surface area contributed by atoms with Crippen LogP contribution in [0, 0.1) is 12.3 Å². The van der Waals surface area contributed by atoms with E-state index in [1.54, 1.807) is 12.4 Å². The molecule has 27 heavy (non-hydrogen) atoms. The van der Waals surface area contributed by atoms with Gasteiger partial charge in [0.25, 0.3) is 0 Å². The Labute approximate surface area is 160 Å². The SMILES string of the molecule is Cc1cnc(CN2C[C@]3(CCCN(Cc4cccnc4)C3)CCC2=O)cn1. The maximum absolute atomic E-state index is 12.5. The topological polar surface area (TPSA) is 62.2 Å². The van der Waals surface area contributed by atoms with E-state index in [1.807, 2.05) is 30.3 Å².